The highest BCUT2D eigenvalue weighted by Crippen LogP contribution is 2.31. The van der Waals surface area contributed by atoms with Crippen LogP contribution in [-0.2, 0) is 18.3 Å². The van der Waals surface area contributed by atoms with E-state index in [4.69, 9.17) is 0 Å². The molecule has 1 aliphatic carbocycles. The summed E-state index contributed by atoms with van der Waals surface area (Å²) in [7, 11) is 0. The zero-order valence-electron chi connectivity index (χ0n) is 10.2. The number of aromatic nitrogens is 2. The van der Waals surface area contributed by atoms with Crippen LogP contribution in [0, 0.1) is 0 Å². The van der Waals surface area contributed by atoms with Gasteiger partial charge in [0.1, 0.15) is 5.65 Å². The van der Waals surface area contributed by atoms with Gasteiger partial charge in [-0.25, -0.2) is 4.98 Å². The Morgan fingerprint density at radius 3 is 2.81 bits per heavy atom. The van der Waals surface area contributed by atoms with Gasteiger partial charge in [0.05, 0.1) is 0 Å². The molecule has 3 rings (SSSR count). The van der Waals surface area contributed by atoms with Crippen molar-refractivity contribution in [2.45, 2.75) is 45.4 Å². The summed E-state index contributed by atoms with van der Waals surface area (Å²) in [6, 6.07) is 2.32. The summed E-state index contributed by atoms with van der Waals surface area (Å²) in [5, 5.41) is 1.35. The molecule has 0 unspecified atom stereocenters. The molecule has 0 spiro atoms. The molecule has 0 saturated heterocycles. The van der Waals surface area contributed by atoms with E-state index in [1.807, 2.05) is 6.20 Å². The molecule has 2 aromatic rings. The minimum absolute atomic E-state index is 0.184. The standard InChI is InChI=1S/C14H18N2/c1-14(2,3)9-7-11-10-5-4-6-12(10)16-13(11)15-8-9/h7-8H,4-6H2,1-3H3,(H,15,16). The summed E-state index contributed by atoms with van der Waals surface area (Å²) >= 11 is 0. The number of pyridine rings is 1. The van der Waals surface area contributed by atoms with Crippen molar-refractivity contribution >= 4 is 11.0 Å². The van der Waals surface area contributed by atoms with Crippen molar-refractivity contribution in [3.63, 3.8) is 0 Å². The second-order valence-electron chi connectivity index (χ2n) is 5.81. The average molecular weight is 214 g/mol. The van der Waals surface area contributed by atoms with Gasteiger partial charge in [0.15, 0.2) is 0 Å². The Kier molecular flexibility index (Phi) is 1.91. The third-order valence-electron chi connectivity index (χ3n) is 3.57. The van der Waals surface area contributed by atoms with Gasteiger partial charge in [0.2, 0.25) is 0 Å². The zero-order valence-corrected chi connectivity index (χ0v) is 10.2. The molecule has 1 aliphatic rings. The first kappa shape index (κ1) is 9.88. The van der Waals surface area contributed by atoms with Crippen molar-refractivity contribution in [3.05, 3.63) is 29.1 Å². The van der Waals surface area contributed by atoms with Crippen molar-refractivity contribution in [1.82, 2.24) is 9.97 Å². The third-order valence-corrected chi connectivity index (χ3v) is 3.57. The highest BCUT2D eigenvalue weighted by molar-refractivity contribution is 5.82. The van der Waals surface area contributed by atoms with Gasteiger partial charge in [0, 0.05) is 17.3 Å². The van der Waals surface area contributed by atoms with E-state index in [0.717, 1.165) is 5.65 Å². The maximum atomic E-state index is 4.56. The first-order valence-corrected chi connectivity index (χ1v) is 6.05. The number of hydrogen-bond acceptors (Lipinski definition) is 1. The van der Waals surface area contributed by atoms with Gasteiger partial charge in [-0.05, 0) is 41.9 Å². The summed E-state index contributed by atoms with van der Waals surface area (Å²) in [6.45, 7) is 6.72. The maximum Gasteiger partial charge on any atom is 0.137 e. The predicted molar refractivity (Wildman–Crippen MR) is 66.8 cm³/mol. The molecule has 0 radical (unpaired) electrons. The number of hydrogen-bond donors (Lipinski definition) is 1. The molecule has 0 fully saturated rings. The fourth-order valence-electron chi connectivity index (χ4n) is 2.53. The lowest BCUT2D eigenvalue weighted by Crippen LogP contribution is -2.11. The Morgan fingerprint density at radius 2 is 2.06 bits per heavy atom. The monoisotopic (exact) mass is 214 g/mol. The van der Waals surface area contributed by atoms with E-state index in [2.05, 4.69) is 36.8 Å². The van der Waals surface area contributed by atoms with Crippen LogP contribution in [0.4, 0.5) is 0 Å². The van der Waals surface area contributed by atoms with E-state index in [1.54, 1.807) is 0 Å². The lowest BCUT2D eigenvalue weighted by atomic mass is 9.87. The Hall–Kier alpha value is -1.31. The molecule has 0 aliphatic heterocycles. The molecule has 2 heterocycles. The smallest absolute Gasteiger partial charge is 0.137 e. The van der Waals surface area contributed by atoms with Gasteiger partial charge in [-0.3, -0.25) is 0 Å². The first-order valence-electron chi connectivity index (χ1n) is 6.05. The Balaban J connectivity index is 2.24. The second-order valence-corrected chi connectivity index (χ2v) is 5.81. The normalized spacial score (nSPS) is 15.7. The van der Waals surface area contributed by atoms with Gasteiger partial charge in [-0.1, -0.05) is 20.8 Å². The number of rotatable bonds is 0. The molecule has 84 valence electrons. The topological polar surface area (TPSA) is 28.7 Å². The quantitative estimate of drug-likeness (QED) is 0.715. The van der Waals surface area contributed by atoms with E-state index in [1.165, 1.54) is 41.5 Å². The van der Waals surface area contributed by atoms with Gasteiger partial charge in [-0.15, -0.1) is 0 Å². The molecule has 2 aromatic heterocycles. The summed E-state index contributed by atoms with van der Waals surface area (Å²) in [6.07, 6.45) is 5.70. The van der Waals surface area contributed by atoms with Gasteiger partial charge in [0.25, 0.3) is 0 Å². The van der Waals surface area contributed by atoms with Crippen LogP contribution in [-0.4, -0.2) is 9.97 Å². The second kappa shape index (κ2) is 3.09. The van der Waals surface area contributed by atoms with Crippen molar-refractivity contribution < 1.29 is 0 Å². The van der Waals surface area contributed by atoms with Crippen LogP contribution in [0.3, 0.4) is 0 Å². The molecular weight excluding hydrogens is 196 g/mol. The number of nitrogens with one attached hydrogen (secondary N) is 1. The summed E-state index contributed by atoms with van der Waals surface area (Å²) in [5.74, 6) is 0. The number of aryl methyl sites for hydroxylation is 2. The first-order chi connectivity index (χ1) is 7.55. The fraction of sp³-hybridized carbons (Fsp3) is 0.500. The van der Waals surface area contributed by atoms with Crippen LogP contribution >= 0.6 is 0 Å². The number of aromatic amines is 1. The molecule has 2 nitrogen and oxygen atoms in total. The molecule has 0 aromatic carbocycles. The Labute approximate surface area is 96.1 Å². The van der Waals surface area contributed by atoms with Crippen LogP contribution in [0.5, 0.6) is 0 Å². The lowest BCUT2D eigenvalue weighted by Gasteiger charge is -2.18. The maximum absolute atomic E-state index is 4.56. The Bertz CT molecular complexity index is 544. The SMILES string of the molecule is CC(C)(C)c1cnc2[nH]c3c(c2c1)CCC3. The van der Waals surface area contributed by atoms with Crippen LogP contribution in [0.1, 0.15) is 44.0 Å². The average Bonchev–Trinajstić information content (AvgIpc) is 2.74. The highest BCUT2D eigenvalue weighted by atomic mass is 14.9. The summed E-state index contributed by atoms with van der Waals surface area (Å²) in [4.78, 5) is 8.00. The van der Waals surface area contributed by atoms with Gasteiger partial charge < -0.3 is 4.98 Å². The summed E-state index contributed by atoms with van der Waals surface area (Å²) < 4.78 is 0. The van der Waals surface area contributed by atoms with Crippen LogP contribution in [0.25, 0.3) is 11.0 Å². The van der Waals surface area contributed by atoms with Gasteiger partial charge in [-0.2, -0.15) is 0 Å². The van der Waals surface area contributed by atoms with E-state index in [9.17, 15) is 0 Å². The largest absolute Gasteiger partial charge is 0.343 e. The molecular formula is C14H18N2. The molecule has 16 heavy (non-hydrogen) atoms. The third kappa shape index (κ3) is 1.36. The van der Waals surface area contributed by atoms with Crippen molar-refractivity contribution in [1.29, 1.82) is 0 Å². The van der Waals surface area contributed by atoms with Crippen LogP contribution in [0.15, 0.2) is 12.3 Å². The van der Waals surface area contributed by atoms with E-state index in [-0.39, 0.29) is 5.41 Å². The Morgan fingerprint density at radius 1 is 1.25 bits per heavy atom. The number of fused-ring (bicyclic) bond motifs is 3. The van der Waals surface area contributed by atoms with Crippen molar-refractivity contribution in [2.24, 2.45) is 0 Å². The van der Waals surface area contributed by atoms with E-state index >= 15 is 0 Å². The fourth-order valence-corrected chi connectivity index (χ4v) is 2.53. The molecule has 0 amide bonds. The van der Waals surface area contributed by atoms with Gasteiger partial charge >= 0.3 is 0 Å². The molecule has 2 heteroatoms. The van der Waals surface area contributed by atoms with Crippen LogP contribution < -0.4 is 0 Å². The molecule has 0 saturated carbocycles. The number of H-pyrrole nitrogens is 1. The summed E-state index contributed by atoms with van der Waals surface area (Å²) in [5.41, 5.74) is 5.50. The van der Waals surface area contributed by atoms with E-state index < -0.39 is 0 Å². The van der Waals surface area contributed by atoms with E-state index in [0.29, 0.717) is 0 Å². The lowest BCUT2D eigenvalue weighted by molar-refractivity contribution is 0.588. The molecule has 0 bridgehead atoms. The minimum Gasteiger partial charge on any atom is -0.343 e. The molecule has 0 atom stereocenters. The number of nitrogens with zero attached hydrogens (tertiary/aromatic N) is 1. The van der Waals surface area contributed by atoms with Crippen molar-refractivity contribution in [3.8, 4) is 0 Å². The molecule has 1 N–H and O–H groups in total. The van der Waals surface area contributed by atoms with Crippen LogP contribution in [0.2, 0.25) is 0 Å². The highest BCUT2D eigenvalue weighted by Gasteiger charge is 2.20. The minimum atomic E-state index is 0.184. The van der Waals surface area contributed by atoms with Crippen molar-refractivity contribution in [2.75, 3.05) is 0 Å². The predicted octanol–water partition coefficient (Wildman–Crippen LogP) is 3.35. The zero-order chi connectivity index (χ0) is 11.3.